The topological polar surface area (TPSA) is 32.3 Å². The predicted molar refractivity (Wildman–Crippen MR) is 87.3 cm³/mol. The number of carbonyl (C=O) groups excluding carboxylic acids is 1. The van der Waals surface area contributed by atoms with Gasteiger partial charge in [-0.15, -0.1) is 11.8 Å². The first-order valence-electron chi connectivity index (χ1n) is 7.12. The zero-order valence-corrected chi connectivity index (χ0v) is 13.6. The van der Waals surface area contributed by atoms with Gasteiger partial charge in [0.05, 0.1) is 5.75 Å². The molecule has 110 valence electrons. The summed E-state index contributed by atoms with van der Waals surface area (Å²) in [5, 5.41) is 3.46. The van der Waals surface area contributed by atoms with Gasteiger partial charge in [-0.3, -0.25) is 4.79 Å². The number of amides is 1. The first kappa shape index (κ1) is 15.4. The second kappa shape index (κ2) is 6.19. The van der Waals surface area contributed by atoms with Crippen LogP contribution in [0.3, 0.4) is 0 Å². The monoisotopic (exact) mass is 292 g/mol. The average molecular weight is 292 g/mol. The summed E-state index contributed by atoms with van der Waals surface area (Å²) < 4.78 is 0.116. The van der Waals surface area contributed by atoms with Crippen molar-refractivity contribution in [2.24, 2.45) is 0 Å². The summed E-state index contributed by atoms with van der Waals surface area (Å²) in [6.07, 6.45) is 0. The molecule has 0 aliphatic carbocycles. The summed E-state index contributed by atoms with van der Waals surface area (Å²) >= 11 is 1.71. The predicted octanol–water partition coefficient (Wildman–Crippen LogP) is 3.04. The Hall–Kier alpha value is -1.00. The van der Waals surface area contributed by atoms with E-state index in [1.165, 1.54) is 5.56 Å². The molecule has 1 aliphatic heterocycles. The summed E-state index contributed by atoms with van der Waals surface area (Å²) in [5.74, 6) is 0.734. The summed E-state index contributed by atoms with van der Waals surface area (Å²) in [4.78, 5) is 14.5. The van der Waals surface area contributed by atoms with Gasteiger partial charge >= 0.3 is 0 Å². The number of rotatable bonds is 2. The van der Waals surface area contributed by atoms with Gasteiger partial charge in [0.1, 0.15) is 0 Å². The van der Waals surface area contributed by atoms with Crippen molar-refractivity contribution in [2.45, 2.75) is 45.0 Å². The standard InChI is InChI=1S/C16H24N2OS/c1-12-10-18(15(19)11-20-16(2,3)4)14-8-6-5-7-13(14)9-17-12/h5-8,12,17H,9-11H2,1-4H3. The molecule has 0 spiro atoms. The van der Waals surface area contributed by atoms with Crippen molar-refractivity contribution in [1.82, 2.24) is 5.32 Å². The van der Waals surface area contributed by atoms with Crippen molar-refractivity contribution in [3.63, 3.8) is 0 Å². The Morgan fingerprint density at radius 3 is 2.80 bits per heavy atom. The quantitative estimate of drug-likeness (QED) is 0.909. The summed E-state index contributed by atoms with van der Waals surface area (Å²) in [7, 11) is 0. The van der Waals surface area contributed by atoms with Crippen molar-refractivity contribution in [1.29, 1.82) is 0 Å². The Morgan fingerprint density at radius 1 is 1.40 bits per heavy atom. The maximum absolute atomic E-state index is 12.6. The lowest BCUT2D eigenvalue weighted by Gasteiger charge is -2.26. The van der Waals surface area contributed by atoms with Gasteiger partial charge in [-0.2, -0.15) is 0 Å². The number of hydrogen-bond donors (Lipinski definition) is 1. The number of thioether (sulfide) groups is 1. The number of anilines is 1. The lowest BCUT2D eigenvalue weighted by atomic mass is 10.1. The molecule has 0 aromatic heterocycles. The van der Waals surface area contributed by atoms with Crippen LogP contribution in [0.1, 0.15) is 33.3 Å². The number of nitrogens with one attached hydrogen (secondary N) is 1. The fraction of sp³-hybridized carbons (Fsp3) is 0.562. The normalized spacial score (nSPS) is 19.4. The van der Waals surface area contributed by atoms with Crippen molar-refractivity contribution in [3.05, 3.63) is 29.8 Å². The van der Waals surface area contributed by atoms with Crippen LogP contribution in [-0.4, -0.2) is 29.0 Å². The van der Waals surface area contributed by atoms with Gasteiger partial charge in [-0.05, 0) is 18.6 Å². The van der Waals surface area contributed by atoms with E-state index in [1.807, 2.05) is 17.0 Å². The molecule has 0 radical (unpaired) electrons. The number of hydrogen-bond acceptors (Lipinski definition) is 3. The van der Waals surface area contributed by atoms with Crippen LogP contribution in [0.15, 0.2) is 24.3 Å². The van der Waals surface area contributed by atoms with E-state index < -0.39 is 0 Å². The molecule has 1 amide bonds. The van der Waals surface area contributed by atoms with Crippen LogP contribution in [0.25, 0.3) is 0 Å². The van der Waals surface area contributed by atoms with Crippen LogP contribution in [0.5, 0.6) is 0 Å². The smallest absolute Gasteiger partial charge is 0.237 e. The van der Waals surface area contributed by atoms with E-state index in [0.29, 0.717) is 11.8 Å². The number of carbonyl (C=O) groups is 1. The van der Waals surface area contributed by atoms with Crippen LogP contribution >= 0.6 is 11.8 Å². The fourth-order valence-electron chi connectivity index (χ4n) is 2.24. The van der Waals surface area contributed by atoms with Gasteiger partial charge in [0.25, 0.3) is 0 Å². The molecule has 3 nitrogen and oxygen atoms in total. The highest BCUT2D eigenvalue weighted by Gasteiger charge is 2.25. The molecular formula is C16H24N2OS. The molecule has 0 saturated carbocycles. The molecule has 1 aromatic rings. The van der Waals surface area contributed by atoms with Gasteiger partial charge in [-0.1, -0.05) is 39.0 Å². The van der Waals surface area contributed by atoms with Crippen LogP contribution in [0.2, 0.25) is 0 Å². The third kappa shape index (κ3) is 4.00. The minimum absolute atomic E-state index is 0.116. The third-order valence-electron chi connectivity index (χ3n) is 3.31. The van der Waals surface area contributed by atoms with Gasteiger partial charge in [0.2, 0.25) is 5.91 Å². The first-order chi connectivity index (χ1) is 9.37. The lowest BCUT2D eigenvalue weighted by Crippen LogP contribution is -2.41. The van der Waals surface area contributed by atoms with Gasteiger partial charge in [-0.25, -0.2) is 0 Å². The van der Waals surface area contributed by atoms with E-state index in [1.54, 1.807) is 11.8 Å². The molecule has 2 rings (SSSR count). The SMILES string of the molecule is CC1CN(C(=O)CSC(C)(C)C)c2ccccc2CN1. The number of fused-ring (bicyclic) bond motifs is 1. The molecule has 1 heterocycles. The molecule has 1 aliphatic rings. The summed E-state index contributed by atoms with van der Waals surface area (Å²) in [6.45, 7) is 10.1. The number of nitrogens with zero attached hydrogens (tertiary/aromatic N) is 1. The van der Waals surface area contributed by atoms with E-state index in [9.17, 15) is 4.79 Å². The van der Waals surface area contributed by atoms with Crippen molar-refractivity contribution >= 4 is 23.4 Å². The first-order valence-corrected chi connectivity index (χ1v) is 8.11. The molecular weight excluding hydrogens is 268 g/mol. The third-order valence-corrected chi connectivity index (χ3v) is 4.57. The van der Waals surface area contributed by atoms with Crippen molar-refractivity contribution < 1.29 is 4.79 Å². The molecule has 1 atom stereocenters. The van der Waals surface area contributed by atoms with Crippen molar-refractivity contribution in [3.8, 4) is 0 Å². The Balaban J connectivity index is 2.18. The Labute approximate surface area is 126 Å². The van der Waals surface area contributed by atoms with E-state index in [2.05, 4.69) is 45.1 Å². The summed E-state index contributed by atoms with van der Waals surface area (Å²) in [5.41, 5.74) is 2.26. The minimum atomic E-state index is 0.116. The van der Waals surface area contributed by atoms with Crippen LogP contribution in [0.4, 0.5) is 5.69 Å². The maximum atomic E-state index is 12.6. The second-order valence-corrected chi connectivity index (χ2v) is 8.12. The van der Waals surface area contributed by atoms with E-state index in [-0.39, 0.29) is 10.7 Å². The largest absolute Gasteiger partial charge is 0.310 e. The van der Waals surface area contributed by atoms with E-state index in [0.717, 1.165) is 18.8 Å². The molecule has 0 bridgehead atoms. The minimum Gasteiger partial charge on any atom is -0.310 e. The zero-order chi connectivity index (χ0) is 14.8. The maximum Gasteiger partial charge on any atom is 0.237 e. The average Bonchev–Trinajstić information content (AvgIpc) is 2.55. The number of benzene rings is 1. The Kier molecular flexibility index (Phi) is 4.76. The molecule has 1 aromatic carbocycles. The van der Waals surface area contributed by atoms with Crippen molar-refractivity contribution in [2.75, 3.05) is 17.2 Å². The van der Waals surface area contributed by atoms with Gasteiger partial charge in [0.15, 0.2) is 0 Å². The zero-order valence-electron chi connectivity index (χ0n) is 12.8. The molecule has 0 fully saturated rings. The fourth-order valence-corrected chi connectivity index (χ4v) is 2.95. The summed E-state index contributed by atoms with van der Waals surface area (Å²) in [6, 6.07) is 8.49. The Morgan fingerprint density at radius 2 is 2.10 bits per heavy atom. The molecule has 4 heteroatoms. The molecule has 20 heavy (non-hydrogen) atoms. The molecule has 0 saturated heterocycles. The van der Waals surface area contributed by atoms with Crippen LogP contribution in [0, 0.1) is 0 Å². The van der Waals surface area contributed by atoms with E-state index >= 15 is 0 Å². The van der Waals surface area contributed by atoms with Gasteiger partial charge in [0, 0.05) is 29.6 Å². The van der Waals surface area contributed by atoms with Crippen LogP contribution < -0.4 is 10.2 Å². The number of para-hydroxylation sites is 1. The Bertz CT molecular complexity index is 482. The highest BCUT2D eigenvalue weighted by molar-refractivity contribution is 8.01. The molecule has 1 unspecified atom stereocenters. The second-order valence-electron chi connectivity index (χ2n) is 6.32. The van der Waals surface area contributed by atoms with Gasteiger partial charge < -0.3 is 10.2 Å². The lowest BCUT2D eigenvalue weighted by molar-refractivity contribution is -0.116. The highest BCUT2D eigenvalue weighted by Crippen LogP contribution is 2.27. The van der Waals surface area contributed by atoms with E-state index in [4.69, 9.17) is 0 Å². The molecule has 1 N–H and O–H groups in total. The van der Waals surface area contributed by atoms with Crippen LogP contribution in [-0.2, 0) is 11.3 Å². The highest BCUT2D eigenvalue weighted by atomic mass is 32.2.